The van der Waals surface area contributed by atoms with Gasteiger partial charge in [-0.15, -0.1) is 0 Å². The summed E-state index contributed by atoms with van der Waals surface area (Å²) >= 11 is 3.03. The highest BCUT2D eigenvalue weighted by Gasteiger charge is 2.08. The van der Waals surface area contributed by atoms with Crippen molar-refractivity contribution in [2.45, 2.75) is 0 Å². The molecule has 0 saturated heterocycles. The van der Waals surface area contributed by atoms with Crippen molar-refractivity contribution < 1.29 is 13.9 Å². The molecule has 4 N–H and O–H groups in total. The van der Waals surface area contributed by atoms with Crippen LogP contribution in [-0.2, 0) is 0 Å². The van der Waals surface area contributed by atoms with Crippen LogP contribution in [0.15, 0.2) is 40.9 Å². The predicted octanol–water partition coefficient (Wildman–Crippen LogP) is 3.06. The van der Waals surface area contributed by atoms with Gasteiger partial charge in [-0.25, -0.2) is 4.39 Å². The van der Waals surface area contributed by atoms with Gasteiger partial charge in [-0.05, 0) is 46.3 Å². The first kappa shape index (κ1) is 13.4. The van der Waals surface area contributed by atoms with Crippen LogP contribution in [-0.4, -0.2) is 5.91 Å². The molecule has 0 radical (unpaired) electrons. The molecule has 0 atom stereocenters. The van der Waals surface area contributed by atoms with Crippen LogP contribution in [0.2, 0.25) is 0 Å². The molecule has 2 aromatic carbocycles. The molecule has 6 heteroatoms. The number of primary amides is 1. The monoisotopic (exact) mass is 324 g/mol. The fraction of sp³-hybridized carbons (Fsp3) is 0. The number of halogens is 2. The molecule has 0 unspecified atom stereocenters. The average molecular weight is 325 g/mol. The van der Waals surface area contributed by atoms with Crippen molar-refractivity contribution in [2.75, 3.05) is 5.73 Å². The number of ether oxygens (including phenoxy) is 1. The number of rotatable bonds is 3. The quantitative estimate of drug-likeness (QED) is 0.851. The summed E-state index contributed by atoms with van der Waals surface area (Å²) in [6.45, 7) is 0. The maximum atomic E-state index is 13.4. The Morgan fingerprint density at radius 1 is 1.21 bits per heavy atom. The minimum atomic E-state index is -0.527. The highest BCUT2D eigenvalue weighted by atomic mass is 79.9. The van der Waals surface area contributed by atoms with Crippen LogP contribution in [0.5, 0.6) is 11.5 Å². The molecule has 19 heavy (non-hydrogen) atoms. The summed E-state index contributed by atoms with van der Waals surface area (Å²) < 4.78 is 19.1. The molecule has 1 amide bonds. The summed E-state index contributed by atoms with van der Waals surface area (Å²) in [6.07, 6.45) is 0. The van der Waals surface area contributed by atoms with E-state index in [1.54, 1.807) is 12.1 Å². The van der Waals surface area contributed by atoms with E-state index in [9.17, 15) is 9.18 Å². The van der Waals surface area contributed by atoms with Gasteiger partial charge in [-0.2, -0.15) is 0 Å². The SMILES string of the molecule is NC(=O)c1ccc(Oc2cc(F)c(Br)cc2N)cc1. The van der Waals surface area contributed by atoms with E-state index in [2.05, 4.69) is 15.9 Å². The zero-order chi connectivity index (χ0) is 14.0. The molecule has 2 rings (SSSR count). The lowest BCUT2D eigenvalue weighted by Gasteiger charge is -2.09. The van der Waals surface area contributed by atoms with Crippen molar-refractivity contribution in [2.24, 2.45) is 5.73 Å². The Morgan fingerprint density at radius 3 is 2.42 bits per heavy atom. The summed E-state index contributed by atoms with van der Waals surface area (Å²) in [4.78, 5) is 10.9. The molecule has 0 bridgehead atoms. The molecule has 0 aliphatic carbocycles. The number of carbonyl (C=O) groups excluding carboxylic acids is 1. The number of anilines is 1. The standard InChI is InChI=1S/C13H10BrFN2O2/c14-9-5-11(16)12(6-10(9)15)19-8-3-1-7(2-4-8)13(17)18/h1-6H,16H2,(H2,17,18). The maximum absolute atomic E-state index is 13.4. The Kier molecular flexibility index (Phi) is 3.71. The van der Waals surface area contributed by atoms with Gasteiger partial charge in [-0.1, -0.05) is 0 Å². The van der Waals surface area contributed by atoms with Gasteiger partial charge in [0.1, 0.15) is 11.6 Å². The van der Waals surface area contributed by atoms with E-state index in [0.717, 1.165) is 0 Å². The summed E-state index contributed by atoms with van der Waals surface area (Å²) in [5.41, 5.74) is 11.5. The van der Waals surface area contributed by atoms with Crippen LogP contribution in [0.25, 0.3) is 0 Å². The predicted molar refractivity (Wildman–Crippen MR) is 73.5 cm³/mol. The van der Waals surface area contributed by atoms with Crippen LogP contribution >= 0.6 is 15.9 Å². The molecule has 0 spiro atoms. The third kappa shape index (κ3) is 3.03. The summed E-state index contributed by atoms with van der Waals surface area (Å²) in [5, 5.41) is 0. The number of amides is 1. The molecule has 0 aliphatic rings. The number of hydrogen-bond donors (Lipinski definition) is 2. The number of hydrogen-bond acceptors (Lipinski definition) is 3. The van der Waals surface area contributed by atoms with Crippen molar-refractivity contribution >= 4 is 27.5 Å². The van der Waals surface area contributed by atoms with Crippen LogP contribution < -0.4 is 16.2 Å². The molecule has 98 valence electrons. The first-order valence-electron chi connectivity index (χ1n) is 5.29. The van der Waals surface area contributed by atoms with Crippen molar-refractivity contribution in [3.05, 3.63) is 52.3 Å². The zero-order valence-corrected chi connectivity index (χ0v) is 11.3. The van der Waals surface area contributed by atoms with Gasteiger partial charge >= 0.3 is 0 Å². The lowest BCUT2D eigenvalue weighted by Crippen LogP contribution is -2.10. The van der Waals surface area contributed by atoms with Crippen LogP contribution in [0.1, 0.15) is 10.4 Å². The van der Waals surface area contributed by atoms with Gasteiger partial charge in [0.15, 0.2) is 5.75 Å². The van der Waals surface area contributed by atoms with Gasteiger partial charge in [-0.3, -0.25) is 4.79 Å². The second kappa shape index (κ2) is 5.27. The highest BCUT2D eigenvalue weighted by Crippen LogP contribution is 2.32. The van der Waals surface area contributed by atoms with Crippen LogP contribution in [0, 0.1) is 5.82 Å². The highest BCUT2D eigenvalue weighted by molar-refractivity contribution is 9.10. The fourth-order valence-electron chi connectivity index (χ4n) is 1.45. The third-order valence-electron chi connectivity index (χ3n) is 2.42. The lowest BCUT2D eigenvalue weighted by atomic mass is 10.2. The summed E-state index contributed by atoms with van der Waals surface area (Å²) in [7, 11) is 0. The Labute approximate surface area is 117 Å². The van der Waals surface area contributed by atoms with E-state index in [4.69, 9.17) is 16.2 Å². The molecular formula is C13H10BrFN2O2. The lowest BCUT2D eigenvalue weighted by molar-refractivity contribution is 0.100. The largest absolute Gasteiger partial charge is 0.455 e. The van der Waals surface area contributed by atoms with E-state index in [1.807, 2.05) is 0 Å². The molecule has 0 saturated carbocycles. The van der Waals surface area contributed by atoms with Gasteiger partial charge < -0.3 is 16.2 Å². The molecular weight excluding hydrogens is 315 g/mol. The number of nitrogens with two attached hydrogens (primary N) is 2. The second-order valence-electron chi connectivity index (χ2n) is 3.79. The van der Waals surface area contributed by atoms with E-state index in [-0.39, 0.29) is 10.2 Å². The van der Waals surface area contributed by atoms with Gasteiger partial charge in [0.25, 0.3) is 0 Å². The molecule has 0 aromatic heterocycles. The summed E-state index contributed by atoms with van der Waals surface area (Å²) in [5.74, 6) is -0.371. The third-order valence-corrected chi connectivity index (χ3v) is 3.03. The van der Waals surface area contributed by atoms with E-state index < -0.39 is 11.7 Å². The van der Waals surface area contributed by atoms with Crippen LogP contribution in [0.4, 0.5) is 10.1 Å². The van der Waals surface area contributed by atoms with Crippen molar-refractivity contribution in [1.29, 1.82) is 0 Å². The zero-order valence-electron chi connectivity index (χ0n) is 9.69. The Balaban J connectivity index is 2.26. The van der Waals surface area contributed by atoms with Gasteiger partial charge in [0, 0.05) is 11.6 Å². The Morgan fingerprint density at radius 2 is 1.84 bits per heavy atom. The van der Waals surface area contributed by atoms with Gasteiger partial charge in [0.2, 0.25) is 5.91 Å². The number of carbonyl (C=O) groups is 1. The topological polar surface area (TPSA) is 78.3 Å². The molecule has 4 nitrogen and oxygen atoms in total. The molecule has 0 heterocycles. The average Bonchev–Trinajstić information content (AvgIpc) is 2.36. The number of benzene rings is 2. The smallest absolute Gasteiger partial charge is 0.248 e. The summed E-state index contributed by atoms with van der Waals surface area (Å²) in [6, 6.07) is 8.75. The molecule has 0 aliphatic heterocycles. The Hall–Kier alpha value is -2.08. The normalized spacial score (nSPS) is 10.2. The minimum absolute atomic E-state index is 0.201. The first-order valence-corrected chi connectivity index (χ1v) is 6.09. The first-order chi connectivity index (χ1) is 8.97. The van der Waals surface area contributed by atoms with Crippen molar-refractivity contribution in [3.63, 3.8) is 0 Å². The number of nitrogen functional groups attached to an aromatic ring is 1. The fourth-order valence-corrected chi connectivity index (χ4v) is 1.81. The minimum Gasteiger partial charge on any atom is -0.455 e. The van der Waals surface area contributed by atoms with Gasteiger partial charge in [0.05, 0.1) is 10.2 Å². The van der Waals surface area contributed by atoms with Crippen molar-refractivity contribution in [3.8, 4) is 11.5 Å². The van der Waals surface area contributed by atoms with E-state index >= 15 is 0 Å². The molecule has 2 aromatic rings. The maximum Gasteiger partial charge on any atom is 0.248 e. The molecule has 0 fully saturated rings. The van der Waals surface area contributed by atoms with Crippen molar-refractivity contribution in [1.82, 2.24) is 0 Å². The van der Waals surface area contributed by atoms with E-state index in [0.29, 0.717) is 17.0 Å². The Bertz CT molecular complexity index is 629. The van der Waals surface area contributed by atoms with Crippen LogP contribution in [0.3, 0.4) is 0 Å². The second-order valence-corrected chi connectivity index (χ2v) is 4.65. The van der Waals surface area contributed by atoms with E-state index in [1.165, 1.54) is 24.3 Å².